The molecule has 17 heavy (non-hydrogen) atoms. The molecule has 2 nitrogen and oxygen atoms in total. The highest BCUT2D eigenvalue weighted by Gasteiger charge is 2.32. The van der Waals surface area contributed by atoms with E-state index in [9.17, 15) is 18.0 Å². The summed E-state index contributed by atoms with van der Waals surface area (Å²) < 4.78 is 40.3. The van der Waals surface area contributed by atoms with Crippen molar-refractivity contribution >= 4 is 17.4 Å². The Morgan fingerprint density at radius 1 is 1.41 bits per heavy atom. The normalized spacial score (nSPS) is 11.4. The number of carbonyl (C=O) groups is 1. The number of halogens is 4. The Labute approximate surface area is 101 Å². The molecule has 0 N–H and O–H groups in total. The molecule has 0 amide bonds. The van der Waals surface area contributed by atoms with E-state index in [0.29, 0.717) is 12.0 Å². The lowest BCUT2D eigenvalue weighted by atomic mass is 10.1. The van der Waals surface area contributed by atoms with E-state index in [-0.39, 0.29) is 11.4 Å². The van der Waals surface area contributed by atoms with Crippen LogP contribution in [0.3, 0.4) is 0 Å². The van der Waals surface area contributed by atoms with Crippen molar-refractivity contribution in [3.63, 3.8) is 0 Å². The van der Waals surface area contributed by atoms with Gasteiger partial charge >= 0.3 is 6.36 Å². The molecule has 1 rings (SSSR count). The predicted octanol–water partition coefficient (Wildman–Crippen LogP) is 3.57. The number of Topliss-reactive ketones (excluding diaryl/α,β-unsaturated/α-hetero) is 1. The van der Waals surface area contributed by atoms with Crippen molar-refractivity contribution in [2.24, 2.45) is 0 Å². The van der Waals surface area contributed by atoms with Crippen LogP contribution in [0.4, 0.5) is 13.2 Å². The van der Waals surface area contributed by atoms with E-state index in [0.717, 1.165) is 0 Å². The topological polar surface area (TPSA) is 26.3 Å². The fraction of sp³-hybridized carbons (Fsp3) is 0.364. The fourth-order valence-electron chi connectivity index (χ4n) is 1.30. The van der Waals surface area contributed by atoms with Crippen LogP contribution in [0.25, 0.3) is 0 Å². The second-order valence-corrected chi connectivity index (χ2v) is 3.56. The van der Waals surface area contributed by atoms with Crippen molar-refractivity contribution in [2.45, 2.75) is 19.7 Å². The molecule has 0 aliphatic rings. The van der Waals surface area contributed by atoms with E-state index in [1.54, 1.807) is 13.0 Å². The molecule has 94 valence electrons. The molecule has 0 aromatic heterocycles. The number of carbonyl (C=O) groups excluding carboxylic acids is 1. The highest BCUT2D eigenvalue weighted by molar-refractivity contribution is 6.30. The molecular formula is C11H10ClF3O2. The highest BCUT2D eigenvalue weighted by atomic mass is 35.5. The molecule has 1 aromatic rings. The molecule has 0 atom stereocenters. The standard InChI is InChI=1S/C11H10ClF3O2/c1-2-7-3-4-8(9(16)6-12)10(5-7)17-11(13,14)15/h3-5H,2,6H2,1H3. The molecule has 0 fully saturated rings. The average Bonchev–Trinajstić information content (AvgIpc) is 2.25. The van der Waals surface area contributed by atoms with Crippen molar-refractivity contribution < 1.29 is 22.7 Å². The summed E-state index contributed by atoms with van der Waals surface area (Å²) in [4.78, 5) is 11.3. The Balaban J connectivity index is 3.16. The van der Waals surface area contributed by atoms with Gasteiger partial charge in [0.25, 0.3) is 0 Å². The number of rotatable bonds is 4. The summed E-state index contributed by atoms with van der Waals surface area (Å²) in [5, 5.41) is 0. The van der Waals surface area contributed by atoms with Gasteiger partial charge in [0, 0.05) is 0 Å². The van der Waals surface area contributed by atoms with Gasteiger partial charge in [0.1, 0.15) is 5.75 Å². The van der Waals surface area contributed by atoms with Gasteiger partial charge in [-0.3, -0.25) is 4.79 Å². The van der Waals surface area contributed by atoms with Crippen LogP contribution in [-0.2, 0) is 6.42 Å². The van der Waals surface area contributed by atoms with Gasteiger partial charge in [-0.1, -0.05) is 13.0 Å². The molecule has 0 aliphatic heterocycles. The molecular weight excluding hydrogens is 257 g/mol. The van der Waals surface area contributed by atoms with Gasteiger partial charge in [-0.15, -0.1) is 24.8 Å². The second-order valence-electron chi connectivity index (χ2n) is 3.29. The summed E-state index contributed by atoms with van der Waals surface area (Å²) in [6, 6.07) is 4.07. The molecule has 0 aliphatic carbocycles. The Kier molecular flexibility index (Phi) is 4.40. The monoisotopic (exact) mass is 266 g/mol. The minimum Gasteiger partial charge on any atom is -0.405 e. The SMILES string of the molecule is CCc1ccc(C(=O)CCl)c(OC(F)(F)F)c1. The summed E-state index contributed by atoms with van der Waals surface area (Å²) in [6.07, 6.45) is -4.28. The molecule has 0 unspecified atom stereocenters. The van der Waals surface area contributed by atoms with Crippen molar-refractivity contribution in [3.8, 4) is 5.75 Å². The quantitative estimate of drug-likeness (QED) is 0.615. The summed E-state index contributed by atoms with van der Waals surface area (Å²) >= 11 is 5.32. The van der Waals surface area contributed by atoms with E-state index in [1.165, 1.54) is 12.1 Å². The maximum atomic E-state index is 12.2. The number of hydrogen-bond acceptors (Lipinski definition) is 2. The number of alkyl halides is 4. The smallest absolute Gasteiger partial charge is 0.405 e. The summed E-state index contributed by atoms with van der Waals surface area (Å²) in [7, 11) is 0. The van der Waals surface area contributed by atoms with Gasteiger partial charge in [0.2, 0.25) is 0 Å². The summed E-state index contributed by atoms with van der Waals surface area (Å²) in [5.74, 6) is -1.49. The van der Waals surface area contributed by atoms with Crippen LogP contribution in [0.2, 0.25) is 0 Å². The zero-order valence-corrected chi connectivity index (χ0v) is 9.73. The highest BCUT2D eigenvalue weighted by Crippen LogP contribution is 2.28. The first-order chi connectivity index (χ1) is 7.87. The first-order valence-corrected chi connectivity index (χ1v) is 5.38. The molecule has 6 heteroatoms. The van der Waals surface area contributed by atoms with Gasteiger partial charge < -0.3 is 4.74 Å². The Hall–Kier alpha value is -1.23. The minimum absolute atomic E-state index is 0.158. The van der Waals surface area contributed by atoms with E-state index < -0.39 is 17.9 Å². The van der Waals surface area contributed by atoms with E-state index in [1.807, 2.05) is 0 Å². The minimum atomic E-state index is -4.83. The van der Waals surface area contributed by atoms with E-state index in [2.05, 4.69) is 4.74 Å². The second kappa shape index (κ2) is 5.40. The van der Waals surface area contributed by atoms with E-state index in [4.69, 9.17) is 11.6 Å². The molecule has 1 aromatic carbocycles. The maximum Gasteiger partial charge on any atom is 0.573 e. The average molecular weight is 267 g/mol. The first kappa shape index (κ1) is 13.8. The van der Waals surface area contributed by atoms with E-state index >= 15 is 0 Å². The third-order valence-electron chi connectivity index (χ3n) is 2.10. The van der Waals surface area contributed by atoms with Gasteiger partial charge in [-0.2, -0.15) is 0 Å². The maximum absolute atomic E-state index is 12.2. The third-order valence-corrected chi connectivity index (χ3v) is 2.34. The van der Waals surface area contributed by atoms with Crippen LogP contribution in [0.1, 0.15) is 22.8 Å². The summed E-state index contributed by atoms with van der Waals surface area (Å²) in [5.41, 5.74) is 0.491. The zero-order chi connectivity index (χ0) is 13.1. The number of ether oxygens (including phenoxy) is 1. The van der Waals surface area contributed by atoms with Crippen LogP contribution in [-0.4, -0.2) is 18.0 Å². The van der Waals surface area contributed by atoms with Crippen LogP contribution >= 0.6 is 11.6 Å². The molecule has 0 radical (unpaired) electrons. The Bertz CT molecular complexity index is 416. The number of aryl methyl sites for hydroxylation is 1. The van der Waals surface area contributed by atoms with Crippen LogP contribution in [0.15, 0.2) is 18.2 Å². The number of hydrogen-bond donors (Lipinski definition) is 0. The number of ketones is 1. The van der Waals surface area contributed by atoms with Gasteiger partial charge in [-0.25, -0.2) is 0 Å². The van der Waals surface area contributed by atoms with Gasteiger partial charge in [-0.05, 0) is 24.1 Å². The Morgan fingerprint density at radius 3 is 2.53 bits per heavy atom. The van der Waals surface area contributed by atoms with Crippen LogP contribution in [0.5, 0.6) is 5.75 Å². The lowest BCUT2D eigenvalue weighted by Gasteiger charge is -2.13. The molecule has 0 bridgehead atoms. The van der Waals surface area contributed by atoms with Gasteiger partial charge in [0.05, 0.1) is 11.4 Å². The lowest BCUT2D eigenvalue weighted by Crippen LogP contribution is -2.19. The van der Waals surface area contributed by atoms with Crippen LogP contribution < -0.4 is 4.74 Å². The Morgan fingerprint density at radius 2 is 2.06 bits per heavy atom. The van der Waals surface area contributed by atoms with Crippen LogP contribution in [0, 0.1) is 0 Å². The largest absolute Gasteiger partial charge is 0.573 e. The van der Waals surface area contributed by atoms with Crippen molar-refractivity contribution in [2.75, 3.05) is 5.88 Å². The van der Waals surface area contributed by atoms with Crippen molar-refractivity contribution in [1.29, 1.82) is 0 Å². The fourth-order valence-corrected chi connectivity index (χ4v) is 1.44. The number of benzene rings is 1. The molecule has 0 saturated carbocycles. The third kappa shape index (κ3) is 3.93. The van der Waals surface area contributed by atoms with Crippen molar-refractivity contribution in [3.05, 3.63) is 29.3 Å². The zero-order valence-electron chi connectivity index (χ0n) is 8.97. The predicted molar refractivity (Wildman–Crippen MR) is 57.6 cm³/mol. The van der Waals surface area contributed by atoms with Crippen molar-refractivity contribution in [1.82, 2.24) is 0 Å². The lowest BCUT2D eigenvalue weighted by molar-refractivity contribution is -0.274. The molecule has 0 saturated heterocycles. The molecule has 0 spiro atoms. The molecule has 0 heterocycles. The van der Waals surface area contributed by atoms with Gasteiger partial charge in [0.15, 0.2) is 5.78 Å². The summed E-state index contributed by atoms with van der Waals surface area (Å²) in [6.45, 7) is 1.79. The first-order valence-electron chi connectivity index (χ1n) is 4.85.